The summed E-state index contributed by atoms with van der Waals surface area (Å²) in [6, 6.07) is 41.1. The molecule has 8 aromatic rings. The Hall–Kier alpha value is -5.03. The fraction of sp³-hybridized carbons (Fsp3) is 0.0976. The second-order valence-electron chi connectivity index (χ2n) is 11.3. The molecule has 4 aromatic carbocycles. The summed E-state index contributed by atoms with van der Waals surface area (Å²) in [6.07, 6.45) is 8.43. The Balaban J connectivity index is 0.00000224. The van der Waals surface area contributed by atoms with Gasteiger partial charge in [-0.3, -0.25) is 0 Å². The summed E-state index contributed by atoms with van der Waals surface area (Å²) < 4.78 is 14.5. The first-order chi connectivity index (χ1) is 24.1. The minimum atomic E-state index is 0. The Morgan fingerprint density at radius 3 is 1.49 bits per heavy atom. The van der Waals surface area contributed by atoms with Gasteiger partial charge < -0.3 is 24.0 Å². The number of pyridine rings is 2. The maximum atomic E-state index is 6.31. The Kier molecular flexibility index (Phi) is 11.1. The summed E-state index contributed by atoms with van der Waals surface area (Å²) in [7, 11) is 0. The number of aromatic nitrogens is 6. The summed E-state index contributed by atoms with van der Waals surface area (Å²) in [5, 5.41) is 1.86. The van der Waals surface area contributed by atoms with E-state index < -0.39 is 0 Å². The van der Waals surface area contributed by atoms with Gasteiger partial charge in [0.1, 0.15) is 12.7 Å². The molecule has 0 saturated heterocycles. The third kappa shape index (κ3) is 7.53. The molecule has 0 spiro atoms. The predicted octanol–water partition coefficient (Wildman–Crippen LogP) is 9.00. The van der Waals surface area contributed by atoms with Crippen molar-refractivity contribution in [2.45, 2.75) is 26.7 Å². The SMILES string of the molecule is CCc1ccnc(-c2[c-]c(Oc3[c-]c4c(cc3)c3ccc(Oc5[c-]c(-c6cc(CC)ccn6)ccc5)[c-]c3n4-c3ncncn3)ccc2)c1.[Pt+2].[Pt+2]. The second kappa shape index (κ2) is 15.9. The van der Waals surface area contributed by atoms with Crippen LogP contribution in [-0.4, -0.2) is 29.5 Å². The maximum Gasteiger partial charge on any atom is 2.00 e. The number of fused-ring (bicyclic) bond motifs is 3. The average molecular weight is 1030 g/mol. The van der Waals surface area contributed by atoms with E-state index in [0.717, 1.165) is 57.2 Å². The van der Waals surface area contributed by atoms with Gasteiger partial charge in [0.05, 0.1) is 0 Å². The molecule has 0 bridgehead atoms. The number of benzene rings is 4. The standard InChI is InChI=1S/C41H28N6O2.2Pt/c1-3-27-15-17-43-37(19-27)29-7-5-9-31(21-29)48-33-11-13-35-36-14-12-34(24-40(36)47(39(35)23-33)41-45-25-42-26-46-41)49-32-10-6-8-30(22-32)38-20-28(4-2)16-18-44-38;;/h5-20,25-26H,3-4H2,1-2H3;;/q-4;2*+2. The molecule has 0 unspecified atom stereocenters. The molecule has 254 valence electrons. The van der Waals surface area contributed by atoms with Gasteiger partial charge in [-0.05, 0) is 36.4 Å². The molecule has 0 aliphatic heterocycles. The van der Waals surface area contributed by atoms with E-state index in [0.29, 0.717) is 28.9 Å². The molecule has 0 N–H and O–H groups in total. The Labute approximate surface area is 324 Å². The molecule has 0 amide bonds. The van der Waals surface area contributed by atoms with Gasteiger partial charge in [0.2, 0.25) is 5.95 Å². The topological polar surface area (TPSA) is 87.8 Å². The van der Waals surface area contributed by atoms with Crippen LogP contribution in [0.5, 0.6) is 23.0 Å². The van der Waals surface area contributed by atoms with Crippen molar-refractivity contribution in [2.75, 3.05) is 0 Å². The number of rotatable bonds is 9. The largest absolute Gasteiger partial charge is 2.00 e. The van der Waals surface area contributed by atoms with Gasteiger partial charge in [-0.1, -0.05) is 60.3 Å². The van der Waals surface area contributed by atoms with Crippen molar-refractivity contribution in [3.63, 3.8) is 0 Å². The van der Waals surface area contributed by atoms with Crippen molar-refractivity contribution in [2.24, 2.45) is 0 Å². The Morgan fingerprint density at radius 2 is 1.02 bits per heavy atom. The average Bonchev–Trinajstić information content (AvgIpc) is 3.48. The normalized spacial score (nSPS) is 10.8. The fourth-order valence-electron chi connectivity index (χ4n) is 5.73. The van der Waals surface area contributed by atoms with Gasteiger partial charge in [0.25, 0.3) is 0 Å². The van der Waals surface area contributed by atoms with Crippen LogP contribution in [0.25, 0.3) is 50.3 Å². The Bertz CT molecular complexity index is 2300. The molecule has 10 heteroatoms. The van der Waals surface area contributed by atoms with Crippen molar-refractivity contribution in [3.8, 4) is 51.5 Å². The first-order valence-corrected chi connectivity index (χ1v) is 16.0. The van der Waals surface area contributed by atoms with Gasteiger partial charge in [-0.25, -0.2) is 15.0 Å². The Morgan fingerprint density at radius 1 is 0.549 bits per heavy atom. The van der Waals surface area contributed by atoms with E-state index in [4.69, 9.17) is 9.47 Å². The minimum Gasteiger partial charge on any atom is -0.503 e. The molecule has 0 aliphatic rings. The zero-order chi connectivity index (χ0) is 33.2. The van der Waals surface area contributed by atoms with Crippen molar-refractivity contribution < 1.29 is 51.6 Å². The zero-order valence-corrected chi connectivity index (χ0v) is 32.0. The molecule has 0 atom stereocenters. The summed E-state index contributed by atoms with van der Waals surface area (Å²) in [6.45, 7) is 4.25. The van der Waals surface area contributed by atoms with Crippen LogP contribution in [0.1, 0.15) is 25.0 Å². The van der Waals surface area contributed by atoms with E-state index in [-0.39, 0.29) is 42.1 Å². The van der Waals surface area contributed by atoms with Crippen LogP contribution in [-0.2, 0) is 55.0 Å². The summed E-state index contributed by atoms with van der Waals surface area (Å²) in [4.78, 5) is 22.0. The van der Waals surface area contributed by atoms with Crippen LogP contribution < -0.4 is 9.47 Å². The number of ether oxygens (including phenoxy) is 2. The first-order valence-electron chi connectivity index (χ1n) is 16.0. The molecule has 8 rings (SSSR count). The zero-order valence-electron chi connectivity index (χ0n) is 27.4. The molecule has 8 nitrogen and oxygen atoms in total. The second-order valence-corrected chi connectivity index (χ2v) is 11.3. The first kappa shape index (κ1) is 35.8. The van der Waals surface area contributed by atoms with Crippen molar-refractivity contribution >= 4 is 21.8 Å². The van der Waals surface area contributed by atoms with Crippen LogP contribution in [0.4, 0.5) is 0 Å². The van der Waals surface area contributed by atoms with Crippen molar-refractivity contribution in [3.05, 3.63) is 145 Å². The number of hydrogen-bond acceptors (Lipinski definition) is 7. The molecular weight excluding hydrogens is 999 g/mol. The molecule has 0 radical (unpaired) electrons. The molecule has 0 saturated carbocycles. The minimum absolute atomic E-state index is 0. The van der Waals surface area contributed by atoms with Crippen LogP contribution in [0.3, 0.4) is 0 Å². The van der Waals surface area contributed by atoms with Gasteiger partial charge >= 0.3 is 42.1 Å². The fourth-order valence-corrected chi connectivity index (χ4v) is 5.73. The number of nitrogens with zero attached hydrogens (tertiary/aromatic N) is 6. The quantitative estimate of drug-likeness (QED) is 0.134. The van der Waals surface area contributed by atoms with E-state index >= 15 is 0 Å². The number of hydrogen-bond donors (Lipinski definition) is 0. The van der Waals surface area contributed by atoms with E-state index in [1.165, 1.54) is 23.8 Å². The third-order valence-electron chi connectivity index (χ3n) is 8.21. The van der Waals surface area contributed by atoms with Crippen molar-refractivity contribution in [1.82, 2.24) is 29.5 Å². The van der Waals surface area contributed by atoms with Crippen LogP contribution >= 0.6 is 0 Å². The summed E-state index contributed by atoms with van der Waals surface area (Å²) >= 11 is 0. The van der Waals surface area contributed by atoms with Gasteiger partial charge in [0.15, 0.2) is 0 Å². The van der Waals surface area contributed by atoms with Gasteiger partial charge in [-0.2, -0.15) is 22.9 Å². The van der Waals surface area contributed by atoms with E-state index in [2.05, 4.69) is 75.2 Å². The van der Waals surface area contributed by atoms with E-state index in [9.17, 15) is 0 Å². The molecule has 0 fully saturated rings. The monoisotopic (exact) mass is 1030 g/mol. The predicted molar refractivity (Wildman–Crippen MR) is 188 cm³/mol. The molecule has 4 heterocycles. The number of aryl methyl sites for hydroxylation is 2. The molecular formula is C41H28N6O2Pt2. The van der Waals surface area contributed by atoms with Gasteiger partial charge in [-0.15, -0.1) is 71.8 Å². The van der Waals surface area contributed by atoms with Crippen LogP contribution in [0.2, 0.25) is 0 Å². The molecule has 0 aliphatic carbocycles. The smallest absolute Gasteiger partial charge is 0.503 e. The van der Waals surface area contributed by atoms with E-state index in [1.807, 2.05) is 89.8 Å². The maximum absolute atomic E-state index is 6.31. The van der Waals surface area contributed by atoms with E-state index in [1.54, 1.807) is 0 Å². The summed E-state index contributed by atoms with van der Waals surface area (Å²) in [5.74, 6) is 2.55. The van der Waals surface area contributed by atoms with Gasteiger partial charge in [0, 0.05) is 35.4 Å². The van der Waals surface area contributed by atoms with Crippen LogP contribution in [0.15, 0.2) is 110 Å². The van der Waals surface area contributed by atoms with Crippen LogP contribution in [0, 0.1) is 24.3 Å². The molecule has 51 heavy (non-hydrogen) atoms. The third-order valence-corrected chi connectivity index (χ3v) is 8.21. The summed E-state index contributed by atoms with van der Waals surface area (Å²) in [5.41, 5.74) is 7.25. The molecule has 4 aromatic heterocycles. The van der Waals surface area contributed by atoms with Crippen molar-refractivity contribution in [1.29, 1.82) is 0 Å².